The van der Waals surface area contributed by atoms with Gasteiger partial charge in [-0.2, -0.15) is 0 Å². The van der Waals surface area contributed by atoms with Gasteiger partial charge < -0.3 is 9.84 Å². The highest BCUT2D eigenvalue weighted by atomic mass is 16.5. The average Bonchev–Trinajstić information content (AvgIpc) is 3.34. The van der Waals surface area contributed by atoms with E-state index in [1.165, 1.54) is 11.3 Å². The molecule has 0 atom stereocenters. The van der Waals surface area contributed by atoms with Crippen molar-refractivity contribution in [2.24, 2.45) is 0 Å². The van der Waals surface area contributed by atoms with Crippen LogP contribution in [0.3, 0.4) is 0 Å². The third-order valence-electron chi connectivity index (χ3n) is 6.34. The molecule has 1 saturated carbocycles. The number of para-hydroxylation sites is 1. The zero-order valence-corrected chi connectivity index (χ0v) is 16.1. The first-order chi connectivity index (χ1) is 14.4. The Kier molecular flexibility index (Phi) is 3.94. The second-order valence-electron chi connectivity index (χ2n) is 8.01. The van der Waals surface area contributed by atoms with E-state index in [0.717, 1.165) is 61.5 Å². The van der Waals surface area contributed by atoms with Gasteiger partial charge in [-0.05, 0) is 49.4 Å². The quantitative estimate of drug-likeness (QED) is 0.564. The maximum Gasteiger partial charge on any atom is 0.257 e. The van der Waals surface area contributed by atoms with E-state index in [-0.39, 0.29) is 0 Å². The smallest absolute Gasteiger partial charge is 0.257 e. The van der Waals surface area contributed by atoms with Gasteiger partial charge in [-0.25, -0.2) is 4.98 Å². The molecule has 2 aliphatic rings. The highest BCUT2D eigenvalue weighted by molar-refractivity contribution is 5.76. The highest BCUT2D eigenvalue weighted by Gasteiger charge is 2.31. The summed E-state index contributed by atoms with van der Waals surface area (Å²) >= 11 is 0. The molecule has 1 aliphatic carbocycles. The number of fused-ring (bicyclic) bond motifs is 4. The molecule has 0 radical (unpaired) electrons. The molecule has 0 bridgehead atoms. The van der Waals surface area contributed by atoms with Gasteiger partial charge >= 0.3 is 0 Å². The molecule has 0 amide bonds. The molecule has 1 aromatic carbocycles. The SMILES string of the molecule is c1ccc2c(c1)CNCc1nnc(C3CCC(c4noc5ncccc45)CC3)n1-2. The maximum absolute atomic E-state index is 5.43. The zero-order valence-electron chi connectivity index (χ0n) is 16.1. The van der Waals surface area contributed by atoms with E-state index in [1.807, 2.05) is 6.07 Å². The van der Waals surface area contributed by atoms with Crippen LogP contribution in [0.1, 0.15) is 60.4 Å². The molecule has 4 aromatic rings. The molecule has 1 N–H and O–H groups in total. The molecule has 0 spiro atoms. The third kappa shape index (κ3) is 2.76. The van der Waals surface area contributed by atoms with Crippen molar-refractivity contribution >= 4 is 11.1 Å². The molecule has 1 aliphatic heterocycles. The fourth-order valence-electron chi connectivity index (χ4n) is 4.88. The number of benzene rings is 1. The lowest BCUT2D eigenvalue weighted by atomic mass is 9.79. The normalized spacial score (nSPS) is 21.5. The van der Waals surface area contributed by atoms with Crippen LogP contribution in [-0.2, 0) is 13.1 Å². The summed E-state index contributed by atoms with van der Waals surface area (Å²) in [5.41, 5.74) is 4.20. The summed E-state index contributed by atoms with van der Waals surface area (Å²) in [7, 11) is 0. The van der Waals surface area contributed by atoms with Gasteiger partial charge in [0, 0.05) is 24.6 Å². The van der Waals surface area contributed by atoms with Crippen LogP contribution >= 0.6 is 0 Å². The average molecular weight is 386 g/mol. The van der Waals surface area contributed by atoms with Crippen molar-refractivity contribution in [3.8, 4) is 5.69 Å². The van der Waals surface area contributed by atoms with Gasteiger partial charge in [0.15, 0.2) is 5.82 Å². The highest BCUT2D eigenvalue weighted by Crippen LogP contribution is 2.42. The largest absolute Gasteiger partial charge is 0.336 e. The number of pyridine rings is 1. The summed E-state index contributed by atoms with van der Waals surface area (Å²) in [5.74, 6) is 2.93. The summed E-state index contributed by atoms with van der Waals surface area (Å²) in [6.45, 7) is 1.61. The monoisotopic (exact) mass is 386 g/mol. The number of nitrogens with zero attached hydrogens (tertiary/aromatic N) is 5. The maximum atomic E-state index is 5.43. The minimum atomic E-state index is 0.412. The fourth-order valence-corrected chi connectivity index (χ4v) is 4.88. The molecule has 0 unspecified atom stereocenters. The Balaban J connectivity index is 1.29. The number of hydrogen-bond acceptors (Lipinski definition) is 6. The Labute approximate surface area is 168 Å². The molecule has 4 heterocycles. The third-order valence-corrected chi connectivity index (χ3v) is 6.34. The van der Waals surface area contributed by atoms with Gasteiger partial charge in [0.25, 0.3) is 5.71 Å². The van der Waals surface area contributed by atoms with E-state index in [0.29, 0.717) is 17.5 Å². The summed E-state index contributed by atoms with van der Waals surface area (Å²) < 4.78 is 7.72. The standard InChI is InChI=1S/C22H22N6O/c1-2-6-18-16(4-1)12-23-13-19-25-26-21(28(18)19)15-9-7-14(8-10-15)20-17-5-3-11-24-22(17)29-27-20/h1-6,11,14-15,23H,7-10,12-13H2. The number of rotatable bonds is 2. The van der Waals surface area contributed by atoms with E-state index in [1.54, 1.807) is 6.20 Å². The predicted molar refractivity (Wildman–Crippen MR) is 108 cm³/mol. The molecular weight excluding hydrogens is 364 g/mol. The Morgan fingerprint density at radius 3 is 2.72 bits per heavy atom. The predicted octanol–water partition coefficient (Wildman–Crippen LogP) is 3.85. The molecule has 29 heavy (non-hydrogen) atoms. The summed E-state index contributed by atoms with van der Waals surface area (Å²) in [6, 6.07) is 12.6. The first-order valence-electron chi connectivity index (χ1n) is 10.3. The molecule has 1 fully saturated rings. The Morgan fingerprint density at radius 1 is 0.931 bits per heavy atom. The molecule has 6 rings (SSSR count). The van der Waals surface area contributed by atoms with Crippen LogP contribution in [0, 0.1) is 0 Å². The van der Waals surface area contributed by atoms with Gasteiger partial charge in [-0.1, -0.05) is 23.4 Å². The van der Waals surface area contributed by atoms with Crippen molar-refractivity contribution in [3.05, 3.63) is 65.5 Å². The van der Waals surface area contributed by atoms with Crippen molar-refractivity contribution in [3.63, 3.8) is 0 Å². The van der Waals surface area contributed by atoms with Crippen molar-refractivity contribution < 1.29 is 4.52 Å². The zero-order chi connectivity index (χ0) is 19.2. The van der Waals surface area contributed by atoms with Crippen LogP contribution in [0.5, 0.6) is 0 Å². The lowest BCUT2D eigenvalue weighted by Crippen LogP contribution is -2.17. The van der Waals surface area contributed by atoms with Gasteiger partial charge in [0.05, 0.1) is 23.3 Å². The van der Waals surface area contributed by atoms with Crippen molar-refractivity contribution in [1.82, 2.24) is 30.2 Å². The van der Waals surface area contributed by atoms with E-state index in [2.05, 4.69) is 60.6 Å². The Hall–Kier alpha value is -3.06. The second kappa shape index (κ2) is 6.77. The lowest BCUT2D eigenvalue weighted by Gasteiger charge is -2.27. The summed E-state index contributed by atoms with van der Waals surface area (Å²) in [4.78, 5) is 4.27. The van der Waals surface area contributed by atoms with Crippen LogP contribution in [0.15, 0.2) is 47.1 Å². The molecule has 7 heteroatoms. The van der Waals surface area contributed by atoms with Crippen LogP contribution < -0.4 is 5.32 Å². The topological polar surface area (TPSA) is 81.7 Å². The summed E-state index contributed by atoms with van der Waals surface area (Å²) in [6.07, 6.45) is 6.05. The van der Waals surface area contributed by atoms with Gasteiger partial charge in [0.1, 0.15) is 5.82 Å². The Bertz CT molecular complexity index is 1170. The van der Waals surface area contributed by atoms with Crippen molar-refractivity contribution in [1.29, 1.82) is 0 Å². The Morgan fingerprint density at radius 2 is 1.79 bits per heavy atom. The summed E-state index contributed by atoms with van der Waals surface area (Å²) in [5, 5.41) is 18.0. The first kappa shape index (κ1) is 16.9. The molecule has 3 aromatic heterocycles. The minimum absolute atomic E-state index is 0.412. The van der Waals surface area contributed by atoms with E-state index < -0.39 is 0 Å². The fraction of sp³-hybridized carbons (Fsp3) is 0.364. The van der Waals surface area contributed by atoms with E-state index >= 15 is 0 Å². The van der Waals surface area contributed by atoms with Crippen molar-refractivity contribution in [2.45, 2.75) is 50.6 Å². The van der Waals surface area contributed by atoms with Crippen molar-refractivity contribution in [2.75, 3.05) is 0 Å². The van der Waals surface area contributed by atoms with Crippen LogP contribution in [0.25, 0.3) is 16.8 Å². The first-order valence-corrected chi connectivity index (χ1v) is 10.3. The molecule has 0 saturated heterocycles. The van der Waals surface area contributed by atoms with Gasteiger partial charge in [0.2, 0.25) is 0 Å². The van der Waals surface area contributed by atoms with Crippen LogP contribution in [0.4, 0.5) is 0 Å². The van der Waals surface area contributed by atoms with E-state index in [4.69, 9.17) is 4.52 Å². The van der Waals surface area contributed by atoms with Crippen LogP contribution in [-0.4, -0.2) is 24.9 Å². The van der Waals surface area contributed by atoms with E-state index in [9.17, 15) is 0 Å². The number of aromatic nitrogens is 5. The molecule has 146 valence electrons. The number of nitrogens with one attached hydrogen (secondary N) is 1. The van der Waals surface area contributed by atoms with Gasteiger partial charge in [-0.15, -0.1) is 10.2 Å². The molecular formula is C22H22N6O. The minimum Gasteiger partial charge on any atom is -0.336 e. The molecule has 7 nitrogen and oxygen atoms in total. The second-order valence-corrected chi connectivity index (χ2v) is 8.01. The lowest BCUT2D eigenvalue weighted by molar-refractivity contribution is 0.359. The van der Waals surface area contributed by atoms with Crippen LogP contribution in [0.2, 0.25) is 0 Å². The number of hydrogen-bond donors (Lipinski definition) is 1. The van der Waals surface area contributed by atoms with Gasteiger partial charge in [-0.3, -0.25) is 4.57 Å².